The lowest BCUT2D eigenvalue weighted by Gasteiger charge is -2.24. The third-order valence-corrected chi connectivity index (χ3v) is 5.69. The molecule has 156 valence electrons. The lowest BCUT2D eigenvalue weighted by Crippen LogP contribution is -2.45. The molecular formula is C21H34IN5O. The average molecular weight is 499 g/mol. The van der Waals surface area contributed by atoms with Gasteiger partial charge < -0.3 is 15.5 Å². The molecule has 0 radical (unpaired) electrons. The lowest BCUT2D eigenvalue weighted by molar-refractivity contribution is 0.0827. The number of likely N-dealkylation sites (tertiary alicyclic amines) is 1. The van der Waals surface area contributed by atoms with Crippen molar-refractivity contribution in [2.45, 2.75) is 50.7 Å². The molecule has 0 bridgehead atoms. The van der Waals surface area contributed by atoms with Crippen LogP contribution in [0.3, 0.4) is 0 Å². The van der Waals surface area contributed by atoms with E-state index in [0.717, 1.165) is 24.1 Å². The van der Waals surface area contributed by atoms with Crippen LogP contribution in [-0.4, -0.2) is 68.0 Å². The van der Waals surface area contributed by atoms with Crippen LogP contribution in [0.5, 0.6) is 0 Å². The smallest absolute Gasteiger partial charge is 0.253 e. The van der Waals surface area contributed by atoms with Gasteiger partial charge >= 0.3 is 0 Å². The summed E-state index contributed by atoms with van der Waals surface area (Å²) in [6, 6.07) is 9.02. The molecule has 7 heteroatoms. The van der Waals surface area contributed by atoms with Crippen molar-refractivity contribution < 1.29 is 4.79 Å². The molecule has 0 spiro atoms. The average Bonchev–Trinajstić information content (AvgIpc) is 3.36. The van der Waals surface area contributed by atoms with Crippen molar-refractivity contribution in [1.29, 1.82) is 0 Å². The summed E-state index contributed by atoms with van der Waals surface area (Å²) in [6.45, 7) is 3.00. The molecule has 1 heterocycles. The van der Waals surface area contributed by atoms with E-state index in [2.05, 4.69) is 20.5 Å². The van der Waals surface area contributed by atoms with Gasteiger partial charge in [0.2, 0.25) is 0 Å². The molecule has 2 aliphatic rings. The highest BCUT2D eigenvalue weighted by molar-refractivity contribution is 14.0. The van der Waals surface area contributed by atoms with Gasteiger partial charge in [0.15, 0.2) is 5.96 Å². The standard InChI is InChI=1S/C21H33N5O.HI/c1-22-21(24-18-12-13-26(15-18)19-6-4-5-7-19)23-14-16-8-10-17(11-9-16)20(27)25(2)3;/h8-11,18-19H,4-7,12-15H2,1-3H3,(H2,22,23,24);1H. The van der Waals surface area contributed by atoms with Gasteiger partial charge in [0.05, 0.1) is 0 Å². The van der Waals surface area contributed by atoms with Gasteiger partial charge in [0.1, 0.15) is 0 Å². The molecule has 1 aliphatic heterocycles. The fraction of sp³-hybridized carbons (Fsp3) is 0.619. The number of nitrogens with zero attached hydrogens (tertiary/aromatic N) is 3. The summed E-state index contributed by atoms with van der Waals surface area (Å²) >= 11 is 0. The summed E-state index contributed by atoms with van der Waals surface area (Å²) in [5.74, 6) is 0.877. The number of rotatable bonds is 5. The minimum Gasteiger partial charge on any atom is -0.352 e. The maximum Gasteiger partial charge on any atom is 0.253 e. The fourth-order valence-corrected chi connectivity index (χ4v) is 4.10. The number of hydrogen-bond donors (Lipinski definition) is 2. The van der Waals surface area contributed by atoms with Crippen molar-refractivity contribution in [2.24, 2.45) is 4.99 Å². The molecule has 1 atom stereocenters. The van der Waals surface area contributed by atoms with Crippen LogP contribution in [0.2, 0.25) is 0 Å². The van der Waals surface area contributed by atoms with E-state index < -0.39 is 0 Å². The number of nitrogens with one attached hydrogen (secondary N) is 2. The second-order valence-corrected chi connectivity index (χ2v) is 7.89. The zero-order chi connectivity index (χ0) is 19.2. The molecule has 28 heavy (non-hydrogen) atoms. The van der Waals surface area contributed by atoms with Crippen LogP contribution in [0.15, 0.2) is 29.3 Å². The van der Waals surface area contributed by atoms with Gasteiger partial charge in [-0.3, -0.25) is 14.7 Å². The number of benzene rings is 1. The summed E-state index contributed by atoms with van der Waals surface area (Å²) in [7, 11) is 5.35. The van der Waals surface area contributed by atoms with Gasteiger partial charge in [-0.15, -0.1) is 24.0 Å². The van der Waals surface area contributed by atoms with Crippen molar-refractivity contribution in [3.63, 3.8) is 0 Å². The van der Waals surface area contributed by atoms with Gasteiger partial charge in [0.25, 0.3) is 5.91 Å². The Morgan fingerprint density at radius 1 is 1.18 bits per heavy atom. The minimum absolute atomic E-state index is 0. The van der Waals surface area contributed by atoms with Crippen molar-refractivity contribution in [2.75, 3.05) is 34.2 Å². The van der Waals surface area contributed by atoms with Crippen molar-refractivity contribution >= 4 is 35.8 Å². The normalized spacial score (nSPS) is 20.7. The predicted octanol–water partition coefficient (Wildman–Crippen LogP) is 2.69. The Labute approximate surface area is 186 Å². The molecule has 1 saturated heterocycles. The molecule has 1 amide bonds. The first kappa shape index (κ1) is 22.9. The Kier molecular flexibility index (Phi) is 9.01. The van der Waals surface area contributed by atoms with Gasteiger partial charge in [0, 0.05) is 58.4 Å². The topological polar surface area (TPSA) is 60.0 Å². The van der Waals surface area contributed by atoms with Crippen LogP contribution < -0.4 is 10.6 Å². The van der Waals surface area contributed by atoms with E-state index in [1.54, 1.807) is 19.0 Å². The summed E-state index contributed by atoms with van der Waals surface area (Å²) in [4.78, 5) is 20.6. The Morgan fingerprint density at radius 3 is 2.46 bits per heavy atom. The molecule has 3 rings (SSSR count). The minimum atomic E-state index is 0. The number of halogens is 1. The van der Waals surface area contributed by atoms with Crippen LogP contribution in [0.4, 0.5) is 0 Å². The Morgan fingerprint density at radius 2 is 1.86 bits per heavy atom. The summed E-state index contributed by atoms with van der Waals surface area (Å²) < 4.78 is 0. The summed E-state index contributed by atoms with van der Waals surface area (Å²) in [5.41, 5.74) is 1.84. The van der Waals surface area contributed by atoms with Crippen molar-refractivity contribution in [1.82, 2.24) is 20.4 Å². The molecule has 1 aliphatic carbocycles. The van der Waals surface area contributed by atoms with Crippen LogP contribution in [0.25, 0.3) is 0 Å². The van der Waals surface area contributed by atoms with Crippen LogP contribution in [0.1, 0.15) is 48.0 Å². The largest absolute Gasteiger partial charge is 0.352 e. The highest BCUT2D eigenvalue weighted by atomic mass is 127. The zero-order valence-corrected chi connectivity index (χ0v) is 19.6. The first-order valence-corrected chi connectivity index (χ1v) is 10.1. The number of aliphatic imine (C=N–C) groups is 1. The van der Waals surface area contributed by atoms with E-state index in [0.29, 0.717) is 18.2 Å². The third-order valence-electron chi connectivity index (χ3n) is 5.69. The summed E-state index contributed by atoms with van der Waals surface area (Å²) in [5, 5.41) is 6.96. The molecule has 0 aromatic heterocycles. The van der Waals surface area contributed by atoms with E-state index in [-0.39, 0.29) is 29.9 Å². The van der Waals surface area contributed by atoms with E-state index in [1.165, 1.54) is 38.6 Å². The number of guanidine groups is 1. The molecule has 1 unspecified atom stereocenters. The number of carbonyl (C=O) groups is 1. The fourth-order valence-electron chi connectivity index (χ4n) is 4.10. The van der Waals surface area contributed by atoms with Gasteiger partial charge in [-0.25, -0.2) is 0 Å². The maximum absolute atomic E-state index is 12.0. The second kappa shape index (κ2) is 11.0. The summed E-state index contributed by atoms with van der Waals surface area (Å²) in [6.07, 6.45) is 6.69. The highest BCUT2D eigenvalue weighted by Gasteiger charge is 2.30. The predicted molar refractivity (Wildman–Crippen MR) is 125 cm³/mol. The highest BCUT2D eigenvalue weighted by Crippen LogP contribution is 2.26. The second-order valence-electron chi connectivity index (χ2n) is 7.89. The Hall–Kier alpha value is -1.35. The molecular weight excluding hydrogens is 465 g/mol. The van der Waals surface area contributed by atoms with Crippen molar-refractivity contribution in [3.8, 4) is 0 Å². The third kappa shape index (κ3) is 6.07. The van der Waals surface area contributed by atoms with E-state index in [9.17, 15) is 4.79 Å². The zero-order valence-electron chi connectivity index (χ0n) is 17.3. The van der Waals surface area contributed by atoms with Crippen LogP contribution >= 0.6 is 24.0 Å². The van der Waals surface area contributed by atoms with Gasteiger partial charge in [-0.1, -0.05) is 25.0 Å². The SMILES string of the molecule is CN=C(NCc1ccc(C(=O)N(C)C)cc1)NC1CCN(C2CCCC2)C1.I. The number of hydrogen-bond acceptors (Lipinski definition) is 3. The first-order chi connectivity index (χ1) is 13.1. The lowest BCUT2D eigenvalue weighted by atomic mass is 10.1. The Bertz CT molecular complexity index is 655. The van der Waals surface area contributed by atoms with E-state index >= 15 is 0 Å². The van der Waals surface area contributed by atoms with Gasteiger partial charge in [-0.2, -0.15) is 0 Å². The molecule has 2 N–H and O–H groups in total. The maximum atomic E-state index is 12.0. The molecule has 1 saturated carbocycles. The monoisotopic (exact) mass is 499 g/mol. The molecule has 1 aromatic carbocycles. The molecule has 2 fully saturated rings. The Balaban J connectivity index is 0.00000280. The first-order valence-electron chi connectivity index (χ1n) is 10.1. The quantitative estimate of drug-likeness (QED) is 0.372. The van der Waals surface area contributed by atoms with Crippen LogP contribution in [-0.2, 0) is 6.54 Å². The molecule has 6 nitrogen and oxygen atoms in total. The van der Waals surface area contributed by atoms with Crippen LogP contribution in [0, 0.1) is 0 Å². The van der Waals surface area contributed by atoms with Crippen molar-refractivity contribution in [3.05, 3.63) is 35.4 Å². The van der Waals surface area contributed by atoms with Gasteiger partial charge in [-0.05, 0) is 37.0 Å². The van der Waals surface area contributed by atoms with E-state index in [1.807, 2.05) is 31.3 Å². The molecule has 1 aromatic rings. The van der Waals surface area contributed by atoms with E-state index in [4.69, 9.17) is 0 Å². The number of amides is 1. The number of carbonyl (C=O) groups excluding carboxylic acids is 1.